The molecule has 0 bridgehead atoms. The highest BCUT2D eigenvalue weighted by Gasteiger charge is 2.32. The van der Waals surface area contributed by atoms with E-state index in [4.69, 9.17) is 4.74 Å². The molecule has 8 nitrogen and oxygen atoms in total. The van der Waals surface area contributed by atoms with Crippen molar-refractivity contribution in [1.82, 2.24) is 10.2 Å². The van der Waals surface area contributed by atoms with E-state index in [0.29, 0.717) is 11.3 Å². The second-order valence-electron chi connectivity index (χ2n) is 9.37. The third-order valence-corrected chi connectivity index (χ3v) is 5.29. The van der Waals surface area contributed by atoms with E-state index in [2.05, 4.69) is 10.6 Å². The van der Waals surface area contributed by atoms with Crippen LogP contribution in [0.4, 0.5) is 10.5 Å². The summed E-state index contributed by atoms with van der Waals surface area (Å²) >= 11 is 0. The SMILES string of the molecule is CC(NC(=O)OC(C)(C)C)C(=O)N(C)C(C(=O)Nc1ccc2ccccc2c1)c1cccc(O)c1. The number of carbonyl (C=O) groups excluding carboxylic acids is 3. The zero-order valence-electron chi connectivity index (χ0n) is 20.5. The van der Waals surface area contributed by atoms with Crippen LogP contribution in [0.25, 0.3) is 10.8 Å². The normalized spacial score (nSPS) is 12.9. The van der Waals surface area contributed by atoms with Gasteiger partial charge in [-0.3, -0.25) is 9.59 Å². The van der Waals surface area contributed by atoms with Crippen LogP contribution < -0.4 is 10.6 Å². The Bertz CT molecular complexity index is 1230. The van der Waals surface area contributed by atoms with Crippen molar-refractivity contribution in [2.24, 2.45) is 0 Å². The number of nitrogens with zero attached hydrogens (tertiary/aromatic N) is 1. The van der Waals surface area contributed by atoms with Gasteiger partial charge in [-0.2, -0.15) is 0 Å². The Morgan fingerprint density at radius 1 is 0.943 bits per heavy atom. The molecule has 0 aromatic heterocycles. The maximum Gasteiger partial charge on any atom is 0.408 e. The minimum Gasteiger partial charge on any atom is -0.508 e. The monoisotopic (exact) mass is 477 g/mol. The van der Waals surface area contributed by atoms with Crippen LogP contribution in [-0.4, -0.2) is 46.6 Å². The number of ether oxygens (including phenoxy) is 1. The van der Waals surface area contributed by atoms with Crippen molar-refractivity contribution in [1.29, 1.82) is 0 Å². The highest BCUT2D eigenvalue weighted by Crippen LogP contribution is 2.26. The lowest BCUT2D eigenvalue weighted by Crippen LogP contribution is -2.49. The fraction of sp³-hybridized carbons (Fsp3) is 0.296. The minimum atomic E-state index is -1.07. The largest absolute Gasteiger partial charge is 0.508 e. The van der Waals surface area contributed by atoms with Gasteiger partial charge in [0.1, 0.15) is 23.4 Å². The number of alkyl carbamates (subject to hydrolysis) is 1. The smallest absolute Gasteiger partial charge is 0.408 e. The van der Waals surface area contributed by atoms with E-state index in [9.17, 15) is 19.5 Å². The van der Waals surface area contributed by atoms with Crippen molar-refractivity contribution >= 4 is 34.4 Å². The van der Waals surface area contributed by atoms with Crippen molar-refractivity contribution in [3.05, 3.63) is 72.3 Å². The highest BCUT2D eigenvalue weighted by atomic mass is 16.6. The van der Waals surface area contributed by atoms with E-state index >= 15 is 0 Å². The average molecular weight is 478 g/mol. The number of hydrogen-bond donors (Lipinski definition) is 3. The number of likely N-dealkylation sites (N-methyl/N-ethyl adjacent to an activating group) is 1. The number of hydrogen-bond acceptors (Lipinski definition) is 5. The summed E-state index contributed by atoms with van der Waals surface area (Å²) in [6.45, 7) is 6.68. The molecule has 0 aliphatic heterocycles. The van der Waals surface area contributed by atoms with E-state index in [1.807, 2.05) is 36.4 Å². The third kappa shape index (κ3) is 6.72. The molecule has 3 aromatic carbocycles. The van der Waals surface area contributed by atoms with Gasteiger partial charge in [0.2, 0.25) is 5.91 Å². The highest BCUT2D eigenvalue weighted by molar-refractivity contribution is 6.00. The molecule has 0 saturated heterocycles. The molecule has 0 spiro atoms. The van der Waals surface area contributed by atoms with Crippen LogP contribution in [0, 0.1) is 0 Å². The molecule has 0 heterocycles. The van der Waals surface area contributed by atoms with Crippen molar-refractivity contribution < 1.29 is 24.2 Å². The number of nitrogens with one attached hydrogen (secondary N) is 2. The second kappa shape index (κ2) is 10.5. The molecule has 3 N–H and O–H groups in total. The quantitative estimate of drug-likeness (QED) is 0.481. The van der Waals surface area contributed by atoms with Crippen LogP contribution in [0.15, 0.2) is 66.7 Å². The molecule has 0 aliphatic carbocycles. The molecular weight excluding hydrogens is 446 g/mol. The molecule has 0 aliphatic rings. The van der Waals surface area contributed by atoms with Crippen LogP contribution >= 0.6 is 0 Å². The molecule has 3 aromatic rings. The zero-order valence-corrected chi connectivity index (χ0v) is 20.5. The van der Waals surface area contributed by atoms with Crippen LogP contribution in [0.1, 0.15) is 39.3 Å². The standard InChI is InChI=1S/C27H31N3O5/c1-17(28-26(34)35-27(2,3)4)25(33)30(5)23(20-11-8-12-22(31)16-20)24(32)29-21-14-13-18-9-6-7-10-19(18)15-21/h6-17,23,31H,1-5H3,(H,28,34)(H,29,32). The van der Waals surface area contributed by atoms with Crippen LogP contribution in [0.2, 0.25) is 0 Å². The summed E-state index contributed by atoms with van der Waals surface area (Å²) in [4.78, 5) is 40.0. The Balaban J connectivity index is 1.85. The lowest BCUT2D eigenvalue weighted by molar-refractivity contribution is -0.138. The van der Waals surface area contributed by atoms with Crippen LogP contribution in [-0.2, 0) is 14.3 Å². The maximum atomic E-state index is 13.4. The van der Waals surface area contributed by atoms with E-state index in [1.54, 1.807) is 39.0 Å². The summed E-state index contributed by atoms with van der Waals surface area (Å²) in [7, 11) is 1.48. The van der Waals surface area contributed by atoms with Gasteiger partial charge < -0.3 is 25.4 Å². The molecule has 35 heavy (non-hydrogen) atoms. The van der Waals surface area contributed by atoms with E-state index in [-0.39, 0.29) is 5.75 Å². The maximum absolute atomic E-state index is 13.4. The van der Waals surface area contributed by atoms with Gasteiger partial charge >= 0.3 is 6.09 Å². The lowest BCUT2D eigenvalue weighted by Gasteiger charge is -2.30. The number of amides is 3. The Morgan fingerprint density at radius 3 is 2.29 bits per heavy atom. The summed E-state index contributed by atoms with van der Waals surface area (Å²) in [5.41, 5.74) is 0.269. The lowest BCUT2D eigenvalue weighted by atomic mass is 10.0. The van der Waals surface area contributed by atoms with Gasteiger partial charge in [-0.1, -0.05) is 42.5 Å². The minimum absolute atomic E-state index is 0.0354. The zero-order chi connectivity index (χ0) is 25.8. The first kappa shape index (κ1) is 25.6. The third-order valence-electron chi connectivity index (χ3n) is 5.29. The molecule has 3 amide bonds. The predicted octanol–water partition coefficient (Wildman–Crippen LogP) is 4.60. The molecule has 0 radical (unpaired) electrons. The molecular formula is C27H31N3O5. The van der Waals surface area contributed by atoms with Crippen LogP contribution in [0.5, 0.6) is 5.75 Å². The fourth-order valence-corrected chi connectivity index (χ4v) is 3.70. The van der Waals surface area contributed by atoms with Crippen molar-refractivity contribution in [3.8, 4) is 5.75 Å². The molecule has 8 heteroatoms. The number of fused-ring (bicyclic) bond motifs is 1. The topological polar surface area (TPSA) is 108 Å². The first-order valence-corrected chi connectivity index (χ1v) is 11.3. The van der Waals surface area contributed by atoms with E-state index in [0.717, 1.165) is 10.8 Å². The fourth-order valence-electron chi connectivity index (χ4n) is 3.70. The number of anilines is 1. The van der Waals surface area contributed by atoms with Crippen molar-refractivity contribution in [2.75, 3.05) is 12.4 Å². The van der Waals surface area contributed by atoms with Crippen LogP contribution in [0.3, 0.4) is 0 Å². The van der Waals surface area contributed by atoms with Gasteiger partial charge in [-0.15, -0.1) is 0 Å². The Kier molecular flexibility index (Phi) is 7.64. The van der Waals surface area contributed by atoms with Gasteiger partial charge in [0, 0.05) is 12.7 Å². The number of rotatable bonds is 6. The van der Waals surface area contributed by atoms with E-state index < -0.39 is 35.6 Å². The first-order chi connectivity index (χ1) is 16.4. The first-order valence-electron chi connectivity index (χ1n) is 11.3. The Hall–Kier alpha value is -4.07. The summed E-state index contributed by atoms with van der Waals surface area (Å²) in [5.74, 6) is -1.00. The van der Waals surface area contributed by atoms with E-state index in [1.165, 1.54) is 31.0 Å². The molecule has 0 fully saturated rings. The van der Waals surface area contributed by atoms with Crippen molar-refractivity contribution in [3.63, 3.8) is 0 Å². The molecule has 2 atom stereocenters. The Morgan fingerprint density at radius 2 is 1.63 bits per heavy atom. The summed E-state index contributed by atoms with van der Waals surface area (Å²) in [6.07, 6.45) is -0.735. The molecule has 184 valence electrons. The predicted molar refractivity (Wildman–Crippen MR) is 135 cm³/mol. The summed E-state index contributed by atoms with van der Waals surface area (Å²) < 4.78 is 5.23. The summed E-state index contributed by atoms with van der Waals surface area (Å²) in [5, 5.41) is 17.4. The number of aromatic hydroxyl groups is 1. The second-order valence-corrected chi connectivity index (χ2v) is 9.37. The van der Waals surface area contributed by atoms with Gasteiger partial charge in [0.15, 0.2) is 0 Å². The number of phenols is 1. The van der Waals surface area contributed by atoms with Crippen molar-refractivity contribution in [2.45, 2.75) is 45.4 Å². The average Bonchev–Trinajstić information content (AvgIpc) is 2.77. The van der Waals surface area contributed by atoms with Gasteiger partial charge in [-0.05, 0) is 68.3 Å². The van der Waals surface area contributed by atoms with Gasteiger partial charge in [0.05, 0.1) is 0 Å². The van der Waals surface area contributed by atoms with Gasteiger partial charge in [-0.25, -0.2) is 4.79 Å². The Labute approximate surface area is 204 Å². The number of benzene rings is 3. The number of phenolic OH excluding ortho intramolecular Hbond substituents is 1. The number of carbonyl (C=O) groups is 3. The molecule has 3 rings (SSSR count). The molecule has 2 unspecified atom stereocenters. The molecule has 0 saturated carbocycles. The van der Waals surface area contributed by atoms with Gasteiger partial charge in [0.25, 0.3) is 5.91 Å². The summed E-state index contributed by atoms with van der Waals surface area (Å²) in [6, 6.07) is 17.4.